The van der Waals surface area contributed by atoms with E-state index >= 15 is 0 Å². The van der Waals surface area contributed by atoms with Gasteiger partial charge in [0.05, 0.1) is 18.7 Å². The third-order valence-corrected chi connectivity index (χ3v) is 5.18. The van der Waals surface area contributed by atoms with E-state index in [4.69, 9.17) is 4.74 Å². The van der Waals surface area contributed by atoms with Gasteiger partial charge in [-0.05, 0) is 55.0 Å². The highest BCUT2D eigenvalue weighted by atomic mass is 16.5. The van der Waals surface area contributed by atoms with Crippen LogP contribution in [-0.2, 0) is 0 Å². The van der Waals surface area contributed by atoms with E-state index in [1.807, 2.05) is 30.3 Å². The number of aliphatic hydroxyl groups excluding tert-OH is 1. The number of aromatic nitrogens is 1. The lowest BCUT2D eigenvalue weighted by Gasteiger charge is -2.38. The minimum absolute atomic E-state index is 0.0444. The first-order valence-corrected chi connectivity index (χ1v) is 8.67. The first-order valence-electron chi connectivity index (χ1n) is 8.67. The number of nitrogens with zero attached hydrogens (tertiary/aromatic N) is 1. The Bertz CT molecular complexity index is 716. The smallest absolute Gasteiger partial charge is 0.119 e. The molecule has 2 N–H and O–H groups in total. The van der Waals surface area contributed by atoms with Crippen molar-refractivity contribution in [3.05, 3.63) is 48.7 Å². The average molecular weight is 326 g/mol. The monoisotopic (exact) mass is 326 g/mol. The third kappa shape index (κ3) is 3.17. The molecule has 4 nitrogen and oxygen atoms in total. The van der Waals surface area contributed by atoms with Crippen LogP contribution >= 0.6 is 0 Å². The molecule has 1 unspecified atom stereocenters. The third-order valence-electron chi connectivity index (χ3n) is 5.18. The highest BCUT2D eigenvalue weighted by Crippen LogP contribution is 2.33. The number of rotatable bonds is 5. The van der Waals surface area contributed by atoms with Gasteiger partial charge in [-0.15, -0.1) is 6.58 Å². The number of benzene rings is 1. The SMILES string of the molecule is C=C[C@@H]1CC[C@@H]([C@H](O)c2ccnc3ccc(OC)cc23)NC1CC. The summed E-state index contributed by atoms with van der Waals surface area (Å²) in [6.45, 7) is 6.12. The summed E-state index contributed by atoms with van der Waals surface area (Å²) in [7, 11) is 1.65. The number of ether oxygens (including phenoxy) is 1. The van der Waals surface area contributed by atoms with Crippen LogP contribution < -0.4 is 10.1 Å². The molecule has 0 bridgehead atoms. The fraction of sp³-hybridized carbons (Fsp3) is 0.450. The quantitative estimate of drug-likeness (QED) is 0.824. The van der Waals surface area contributed by atoms with Gasteiger partial charge in [-0.25, -0.2) is 0 Å². The number of methoxy groups -OCH3 is 1. The van der Waals surface area contributed by atoms with Gasteiger partial charge in [0.15, 0.2) is 0 Å². The number of piperidine rings is 1. The summed E-state index contributed by atoms with van der Waals surface area (Å²) in [5.74, 6) is 1.26. The number of hydrogen-bond donors (Lipinski definition) is 2. The molecule has 1 aliphatic rings. The Morgan fingerprint density at radius 2 is 2.25 bits per heavy atom. The highest BCUT2D eigenvalue weighted by molar-refractivity contribution is 5.83. The Morgan fingerprint density at radius 1 is 1.42 bits per heavy atom. The van der Waals surface area contributed by atoms with Crippen LogP contribution in [0.25, 0.3) is 10.9 Å². The predicted molar refractivity (Wildman–Crippen MR) is 97.2 cm³/mol. The van der Waals surface area contributed by atoms with Crippen molar-refractivity contribution < 1.29 is 9.84 Å². The number of nitrogens with one attached hydrogen (secondary N) is 1. The van der Waals surface area contributed by atoms with Crippen LogP contribution in [-0.4, -0.2) is 29.3 Å². The van der Waals surface area contributed by atoms with Gasteiger partial charge in [0.25, 0.3) is 0 Å². The molecule has 24 heavy (non-hydrogen) atoms. The molecule has 128 valence electrons. The minimum Gasteiger partial charge on any atom is -0.497 e. The Labute approximate surface area is 143 Å². The van der Waals surface area contributed by atoms with Crippen LogP contribution in [0, 0.1) is 5.92 Å². The molecule has 0 spiro atoms. The molecule has 1 saturated heterocycles. The molecular formula is C20H26N2O2. The van der Waals surface area contributed by atoms with Gasteiger partial charge in [-0.1, -0.05) is 13.0 Å². The Morgan fingerprint density at radius 3 is 2.96 bits per heavy atom. The first kappa shape index (κ1) is 16.9. The second kappa shape index (κ2) is 7.32. The summed E-state index contributed by atoms with van der Waals surface area (Å²) in [5, 5.41) is 15.6. The van der Waals surface area contributed by atoms with Gasteiger partial charge in [0, 0.05) is 23.7 Å². The second-order valence-corrected chi connectivity index (χ2v) is 6.49. The lowest BCUT2D eigenvalue weighted by Crippen LogP contribution is -2.49. The van der Waals surface area contributed by atoms with Gasteiger partial charge in [-0.2, -0.15) is 0 Å². The largest absolute Gasteiger partial charge is 0.497 e. The molecule has 1 aliphatic heterocycles. The van der Waals surface area contributed by atoms with Gasteiger partial charge < -0.3 is 15.2 Å². The van der Waals surface area contributed by atoms with Crippen LogP contribution in [0.2, 0.25) is 0 Å². The molecule has 1 aromatic carbocycles. The predicted octanol–water partition coefficient (Wildman–Crippen LogP) is 3.61. The molecule has 3 rings (SSSR count). The van der Waals surface area contributed by atoms with E-state index in [1.165, 1.54) is 0 Å². The van der Waals surface area contributed by atoms with Crippen LogP contribution in [0.5, 0.6) is 5.75 Å². The summed E-state index contributed by atoms with van der Waals surface area (Å²) in [4.78, 5) is 4.40. The highest BCUT2D eigenvalue weighted by Gasteiger charge is 2.32. The lowest BCUT2D eigenvalue weighted by atomic mass is 9.83. The van der Waals surface area contributed by atoms with Gasteiger partial charge in [-0.3, -0.25) is 4.98 Å². The molecule has 0 radical (unpaired) electrons. The number of fused-ring (bicyclic) bond motifs is 1. The molecule has 4 atom stereocenters. The van der Waals surface area contributed by atoms with E-state index in [9.17, 15) is 5.11 Å². The molecule has 4 heteroatoms. The van der Waals surface area contributed by atoms with Crippen LogP contribution in [0.1, 0.15) is 37.9 Å². The molecule has 1 fully saturated rings. The van der Waals surface area contributed by atoms with Crippen molar-refractivity contribution in [2.75, 3.05) is 7.11 Å². The lowest BCUT2D eigenvalue weighted by molar-refractivity contribution is 0.0917. The maximum Gasteiger partial charge on any atom is 0.119 e. The maximum absolute atomic E-state index is 11.0. The molecular weight excluding hydrogens is 300 g/mol. The van der Waals surface area contributed by atoms with Gasteiger partial charge in [0.1, 0.15) is 5.75 Å². The van der Waals surface area contributed by atoms with Crippen molar-refractivity contribution >= 4 is 10.9 Å². The van der Waals surface area contributed by atoms with Crippen molar-refractivity contribution in [2.24, 2.45) is 5.92 Å². The summed E-state index contributed by atoms with van der Waals surface area (Å²) in [6, 6.07) is 8.11. The normalized spacial score (nSPS) is 25.4. The molecule has 0 aliphatic carbocycles. The van der Waals surface area contributed by atoms with Crippen molar-refractivity contribution in [1.82, 2.24) is 10.3 Å². The molecule has 1 aromatic heterocycles. The van der Waals surface area contributed by atoms with E-state index in [2.05, 4.69) is 23.8 Å². The zero-order valence-electron chi connectivity index (χ0n) is 14.4. The number of pyridine rings is 1. The van der Waals surface area contributed by atoms with Gasteiger partial charge in [0.2, 0.25) is 0 Å². The van der Waals surface area contributed by atoms with Crippen molar-refractivity contribution in [3.8, 4) is 5.75 Å². The van der Waals surface area contributed by atoms with E-state index in [0.29, 0.717) is 12.0 Å². The number of aliphatic hydroxyl groups is 1. The second-order valence-electron chi connectivity index (χ2n) is 6.49. The first-order chi connectivity index (χ1) is 11.7. The van der Waals surface area contributed by atoms with Crippen molar-refractivity contribution in [2.45, 2.75) is 44.4 Å². The van der Waals surface area contributed by atoms with Crippen LogP contribution in [0.4, 0.5) is 0 Å². The summed E-state index contributed by atoms with van der Waals surface area (Å²) >= 11 is 0. The minimum atomic E-state index is -0.567. The van der Waals surface area contributed by atoms with Gasteiger partial charge >= 0.3 is 0 Å². The molecule has 0 saturated carbocycles. The fourth-order valence-electron chi connectivity index (χ4n) is 3.76. The van der Waals surface area contributed by atoms with E-state index in [0.717, 1.165) is 41.5 Å². The Hall–Kier alpha value is -1.91. The zero-order valence-corrected chi connectivity index (χ0v) is 14.4. The van der Waals surface area contributed by atoms with Crippen LogP contribution in [0.3, 0.4) is 0 Å². The molecule has 0 amide bonds. The van der Waals surface area contributed by atoms with Crippen molar-refractivity contribution in [3.63, 3.8) is 0 Å². The van der Waals surface area contributed by atoms with E-state index in [-0.39, 0.29) is 6.04 Å². The fourth-order valence-corrected chi connectivity index (χ4v) is 3.76. The summed E-state index contributed by atoms with van der Waals surface area (Å²) < 4.78 is 5.33. The topological polar surface area (TPSA) is 54.4 Å². The van der Waals surface area contributed by atoms with E-state index in [1.54, 1.807) is 13.3 Å². The standard InChI is InChI=1S/C20H26N2O2/c1-4-13-6-8-19(22-17(13)5-2)20(23)15-10-11-21-18-9-7-14(24-3)12-16(15)18/h4,7,9-13,17,19-20,22-23H,1,5-6,8H2,2-3H3/t13-,17?,19+,20-/m1/s1. The average Bonchev–Trinajstić information content (AvgIpc) is 2.65. The van der Waals surface area contributed by atoms with Crippen molar-refractivity contribution in [1.29, 1.82) is 0 Å². The molecule has 2 heterocycles. The maximum atomic E-state index is 11.0. The summed E-state index contributed by atoms with van der Waals surface area (Å²) in [5.41, 5.74) is 1.78. The Kier molecular flexibility index (Phi) is 5.17. The molecule has 2 aromatic rings. The number of hydrogen-bond acceptors (Lipinski definition) is 4. The zero-order chi connectivity index (χ0) is 17.1. The Balaban J connectivity index is 1.91. The summed E-state index contributed by atoms with van der Waals surface area (Å²) in [6.07, 6.45) is 6.26. The van der Waals surface area contributed by atoms with E-state index < -0.39 is 6.10 Å². The van der Waals surface area contributed by atoms with Crippen LogP contribution in [0.15, 0.2) is 43.1 Å².